The lowest BCUT2D eigenvalue weighted by Gasteiger charge is -2.08. The number of hydrogen-bond donors (Lipinski definition) is 2. The van der Waals surface area contributed by atoms with E-state index in [1.165, 1.54) is 12.3 Å². The summed E-state index contributed by atoms with van der Waals surface area (Å²) in [7, 11) is 0. The number of carbonyl (C=O) groups is 1. The van der Waals surface area contributed by atoms with Crippen LogP contribution in [0.15, 0.2) is 47.1 Å². The van der Waals surface area contributed by atoms with E-state index in [0.29, 0.717) is 11.0 Å². The van der Waals surface area contributed by atoms with Crippen LogP contribution >= 0.6 is 15.9 Å². The average Bonchev–Trinajstić information content (AvgIpc) is 2.52. The minimum Gasteiger partial charge on any atom is -0.355 e. The number of amides is 1. The van der Waals surface area contributed by atoms with Crippen molar-refractivity contribution < 1.29 is 9.72 Å². The lowest BCUT2D eigenvalue weighted by molar-refractivity contribution is -0.384. The first-order valence-electron chi connectivity index (χ1n) is 6.40. The molecule has 114 valence electrons. The van der Waals surface area contributed by atoms with Gasteiger partial charge in [0.15, 0.2) is 0 Å². The largest absolute Gasteiger partial charge is 0.355 e. The summed E-state index contributed by atoms with van der Waals surface area (Å²) in [4.78, 5) is 26.0. The summed E-state index contributed by atoms with van der Waals surface area (Å²) in [6, 6.07) is 10.8. The Bertz CT molecular complexity index is 679. The molecule has 22 heavy (non-hydrogen) atoms. The van der Waals surface area contributed by atoms with Crippen molar-refractivity contribution in [2.75, 3.05) is 11.9 Å². The SMILES string of the molecule is O=C(CNc1ncc(Br)cc1[N+](=O)[O-])NCc1ccccc1. The number of benzene rings is 1. The summed E-state index contributed by atoms with van der Waals surface area (Å²) in [6.45, 7) is 0.305. The Morgan fingerprint density at radius 3 is 2.73 bits per heavy atom. The maximum absolute atomic E-state index is 11.8. The van der Waals surface area contributed by atoms with E-state index in [-0.39, 0.29) is 24.0 Å². The highest BCUT2D eigenvalue weighted by Gasteiger charge is 2.16. The molecular formula is C14H13BrN4O3. The highest BCUT2D eigenvalue weighted by Crippen LogP contribution is 2.24. The number of anilines is 1. The van der Waals surface area contributed by atoms with Crippen LogP contribution in [-0.2, 0) is 11.3 Å². The van der Waals surface area contributed by atoms with Gasteiger partial charge in [-0.2, -0.15) is 0 Å². The zero-order valence-electron chi connectivity index (χ0n) is 11.5. The lowest BCUT2D eigenvalue weighted by atomic mass is 10.2. The third-order valence-corrected chi connectivity index (χ3v) is 3.21. The third kappa shape index (κ3) is 4.52. The van der Waals surface area contributed by atoms with Crippen molar-refractivity contribution in [1.82, 2.24) is 10.3 Å². The number of nitrogens with one attached hydrogen (secondary N) is 2. The molecule has 1 aromatic heterocycles. The molecule has 2 N–H and O–H groups in total. The fourth-order valence-electron chi connectivity index (χ4n) is 1.73. The molecule has 0 saturated carbocycles. The number of carbonyl (C=O) groups excluding carboxylic acids is 1. The van der Waals surface area contributed by atoms with Gasteiger partial charge >= 0.3 is 5.69 Å². The van der Waals surface area contributed by atoms with Crippen LogP contribution in [0, 0.1) is 10.1 Å². The minimum atomic E-state index is -0.554. The maximum Gasteiger partial charge on any atom is 0.312 e. The summed E-state index contributed by atoms with van der Waals surface area (Å²) in [5.41, 5.74) is 0.786. The van der Waals surface area contributed by atoms with Gasteiger partial charge in [0.1, 0.15) is 0 Å². The van der Waals surface area contributed by atoms with E-state index < -0.39 is 4.92 Å². The van der Waals surface area contributed by atoms with Crippen LogP contribution in [0.3, 0.4) is 0 Å². The van der Waals surface area contributed by atoms with E-state index in [2.05, 4.69) is 31.5 Å². The molecule has 8 heteroatoms. The fraction of sp³-hybridized carbons (Fsp3) is 0.143. The highest BCUT2D eigenvalue weighted by atomic mass is 79.9. The van der Waals surface area contributed by atoms with E-state index in [9.17, 15) is 14.9 Å². The summed E-state index contributed by atoms with van der Waals surface area (Å²) in [5, 5.41) is 16.3. The molecule has 2 aromatic rings. The Hall–Kier alpha value is -2.48. The number of aromatic nitrogens is 1. The van der Waals surface area contributed by atoms with Gasteiger partial charge in [-0.15, -0.1) is 0 Å². The Morgan fingerprint density at radius 1 is 1.32 bits per heavy atom. The molecule has 0 unspecified atom stereocenters. The van der Waals surface area contributed by atoms with Crippen molar-refractivity contribution in [2.45, 2.75) is 6.54 Å². The van der Waals surface area contributed by atoms with Crippen LogP contribution < -0.4 is 10.6 Å². The van der Waals surface area contributed by atoms with Gasteiger partial charge in [-0.1, -0.05) is 30.3 Å². The van der Waals surface area contributed by atoms with Crippen molar-refractivity contribution >= 4 is 33.3 Å². The molecule has 0 bridgehead atoms. The smallest absolute Gasteiger partial charge is 0.312 e. The normalized spacial score (nSPS) is 10.0. The molecule has 0 saturated heterocycles. The first-order valence-corrected chi connectivity index (χ1v) is 7.20. The van der Waals surface area contributed by atoms with Crippen LogP contribution in [0.1, 0.15) is 5.56 Å². The van der Waals surface area contributed by atoms with Crippen molar-refractivity contribution in [1.29, 1.82) is 0 Å². The maximum atomic E-state index is 11.8. The van der Waals surface area contributed by atoms with Crippen LogP contribution in [0.5, 0.6) is 0 Å². The molecule has 1 heterocycles. The van der Waals surface area contributed by atoms with Gasteiger partial charge in [-0.25, -0.2) is 4.98 Å². The van der Waals surface area contributed by atoms with E-state index in [1.54, 1.807) is 0 Å². The molecule has 0 spiro atoms. The molecule has 0 aliphatic rings. The monoisotopic (exact) mass is 364 g/mol. The van der Waals surface area contributed by atoms with E-state index in [1.807, 2.05) is 30.3 Å². The second-order valence-corrected chi connectivity index (χ2v) is 5.31. The van der Waals surface area contributed by atoms with Crippen molar-refractivity contribution in [3.63, 3.8) is 0 Å². The number of hydrogen-bond acceptors (Lipinski definition) is 5. The predicted molar refractivity (Wildman–Crippen MR) is 85.4 cm³/mol. The zero-order valence-corrected chi connectivity index (χ0v) is 13.0. The van der Waals surface area contributed by atoms with E-state index >= 15 is 0 Å². The molecule has 2 rings (SSSR count). The number of nitrogens with zero attached hydrogens (tertiary/aromatic N) is 2. The molecule has 0 atom stereocenters. The van der Waals surface area contributed by atoms with Crippen molar-refractivity contribution in [3.8, 4) is 0 Å². The molecule has 7 nitrogen and oxygen atoms in total. The lowest BCUT2D eigenvalue weighted by Crippen LogP contribution is -2.29. The van der Waals surface area contributed by atoms with Gasteiger partial charge in [0.2, 0.25) is 11.7 Å². The second-order valence-electron chi connectivity index (χ2n) is 4.39. The van der Waals surface area contributed by atoms with E-state index in [4.69, 9.17) is 0 Å². The molecule has 0 fully saturated rings. The van der Waals surface area contributed by atoms with Gasteiger partial charge < -0.3 is 10.6 Å². The van der Waals surface area contributed by atoms with Gasteiger partial charge in [-0.3, -0.25) is 14.9 Å². The molecule has 0 aliphatic carbocycles. The minimum absolute atomic E-state index is 0.0584. The first-order chi connectivity index (χ1) is 10.6. The van der Waals surface area contributed by atoms with Gasteiger partial charge in [0.05, 0.1) is 11.5 Å². The Morgan fingerprint density at radius 2 is 2.05 bits per heavy atom. The van der Waals surface area contributed by atoms with Crippen LogP contribution in [0.2, 0.25) is 0 Å². The third-order valence-electron chi connectivity index (χ3n) is 2.78. The van der Waals surface area contributed by atoms with Gasteiger partial charge in [-0.05, 0) is 21.5 Å². The number of pyridine rings is 1. The average molecular weight is 365 g/mol. The standard InChI is InChI=1S/C14H13BrN4O3/c15-11-6-12(19(21)22)14(17-8-11)18-9-13(20)16-7-10-4-2-1-3-5-10/h1-6,8H,7,9H2,(H,16,20)(H,17,18). The predicted octanol–water partition coefficient (Wildman–Crippen LogP) is 2.48. The highest BCUT2D eigenvalue weighted by molar-refractivity contribution is 9.10. The Labute approximate surface area is 135 Å². The van der Waals surface area contributed by atoms with Gasteiger partial charge in [0.25, 0.3) is 0 Å². The summed E-state index contributed by atoms with van der Waals surface area (Å²) in [6.07, 6.45) is 1.43. The summed E-state index contributed by atoms with van der Waals surface area (Å²) < 4.78 is 0.498. The Kier molecular flexibility index (Phi) is 5.42. The zero-order chi connectivity index (χ0) is 15.9. The first kappa shape index (κ1) is 15.9. The molecule has 1 aromatic carbocycles. The quantitative estimate of drug-likeness (QED) is 0.606. The van der Waals surface area contributed by atoms with Crippen molar-refractivity contribution in [3.05, 3.63) is 62.7 Å². The molecule has 1 amide bonds. The molecule has 0 aliphatic heterocycles. The number of rotatable bonds is 6. The topological polar surface area (TPSA) is 97.2 Å². The van der Waals surface area contributed by atoms with Crippen LogP contribution in [-0.4, -0.2) is 22.4 Å². The van der Waals surface area contributed by atoms with Crippen LogP contribution in [0.25, 0.3) is 0 Å². The molecular weight excluding hydrogens is 352 g/mol. The second kappa shape index (κ2) is 7.51. The number of nitro groups is 1. The van der Waals surface area contributed by atoms with E-state index in [0.717, 1.165) is 5.56 Å². The fourth-order valence-corrected chi connectivity index (χ4v) is 2.05. The number of halogens is 1. The van der Waals surface area contributed by atoms with Gasteiger partial charge in [0, 0.05) is 23.3 Å². The van der Waals surface area contributed by atoms with Crippen LogP contribution in [0.4, 0.5) is 11.5 Å². The Balaban J connectivity index is 1.90. The molecule has 0 radical (unpaired) electrons. The summed E-state index contributed by atoms with van der Waals surface area (Å²) in [5.74, 6) is -0.217. The summed E-state index contributed by atoms with van der Waals surface area (Å²) >= 11 is 3.12. The van der Waals surface area contributed by atoms with Crippen molar-refractivity contribution in [2.24, 2.45) is 0 Å².